The Labute approximate surface area is 174 Å². The minimum Gasteiger partial charge on any atom is -0.348 e. The average molecular weight is 439 g/mol. The second kappa shape index (κ2) is 8.97. The van der Waals surface area contributed by atoms with E-state index in [-0.39, 0.29) is 11.9 Å². The van der Waals surface area contributed by atoms with Gasteiger partial charge in [0.15, 0.2) is 0 Å². The lowest BCUT2D eigenvalue weighted by Crippen LogP contribution is -2.32. The number of amides is 1. The molecule has 2 aromatic carbocycles. The Bertz CT molecular complexity index is 962. The number of hydrogen-bond acceptors (Lipinski definition) is 4. The Morgan fingerprint density at radius 1 is 1.14 bits per heavy atom. The first-order valence-corrected chi connectivity index (χ1v) is 10.0. The summed E-state index contributed by atoms with van der Waals surface area (Å²) in [6, 6.07) is 17.5. The predicted molar refractivity (Wildman–Crippen MR) is 117 cm³/mol. The summed E-state index contributed by atoms with van der Waals surface area (Å²) in [4.78, 5) is 23.7. The molecule has 3 aromatic rings. The van der Waals surface area contributed by atoms with Crippen LogP contribution in [0.3, 0.4) is 0 Å². The molecule has 1 amide bonds. The molecule has 28 heavy (non-hydrogen) atoms. The molecule has 0 unspecified atom stereocenters. The molecule has 144 valence electrons. The first kappa shape index (κ1) is 20.0. The largest absolute Gasteiger partial charge is 0.348 e. The molecule has 5 nitrogen and oxygen atoms in total. The highest BCUT2D eigenvalue weighted by molar-refractivity contribution is 9.10. The van der Waals surface area contributed by atoms with Crippen LogP contribution in [-0.4, -0.2) is 22.4 Å². The summed E-state index contributed by atoms with van der Waals surface area (Å²) in [5.41, 5.74) is 2.71. The molecule has 0 bridgehead atoms. The lowest BCUT2D eigenvalue weighted by molar-refractivity contribution is 0.0987. The normalized spacial score (nSPS) is 11.7. The second-order valence-corrected chi connectivity index (χ2v) is 7.33. The second-order valence-electron chi connectivity index (χ2n) is 6.48. The van der Waals surface area contributed by atoms with Crippen molar-refractivity contribution in [1.29, 1.82) is 0 Å². The zero-order valence-electron chi connectivity index (χ0n) is 16.2. The Morgan fingerprint density at radius 3 is 2.61 bits per heavy atom. The highest BCUT2D eigenvalue weighted by Crippen LogP contribution is 2.24. The minimum atomic E-state index is -0.0814. The van der Waals surface area contributed by atoms with Crippen molar-refractivity contribution in [3.63, 3.8) is 0 Å². The molecule has 3 rings (SSSR count). The quantitative estimate of drug-likeness (QED) is 0.560. The Kier molecular flexibility index (Phi) is 6.41. The molecule has 0 fully saturated rings. The van der Waals surface area contributed by atoms with Gasteiger partial charge in [-0.25, -0.2) is 4.98 Å². The van der Waals surface area contributed by atoms with Crippen LogP contribution >= 0.6 is 15.9 Å². The molecule has 1 aromatic heterocycles. The summed E-state index contributed by atoms with van der Waals surface area (Å²) in [5, 5.41) is 3.31. The summed E-state index contributed by atoms with van der Waals surface area (Å²) < 4.78 is 0.913. The molecule has 0 aliphatic carbocycles. The van der Waals surface area contributed by atoms with Crippen LogP contribution in [0.25, 0.3) is 0 Å². The van der Waals surface area contributed by atoms with Crippen LogP contribution in [0, 0.1) is 6.92 Å². The molecule has 0 saturated heterocycles. The van der Waals surface area contributed by atoms with Gasteiger partial charge in [0.05, 0.1) is 6.04 Å². The lowest BCUT2D eigenvalue weighted by Gasteiger charge is -2.22. The molecule has 0 aliphatic rings. The number of carbonyl (C=O) groups is 1. The fraction of sp³-hybridized carbons (Fsp3) is 0.227. The zero-order chi connectivity index (χ0) is 20.1. The van der Waals surface area contributed by atoms with Crippen molar-refractivity contribution in [2.75, 3.05) is 16.8 Å². The number of nitrogens with one attached hydrogen (secondary N) is 1. The highest BCUT2D eigenvalue weighted by Gasteiger charge is 2.20. The van der Waals surface area contributed by atoms with Crippen molar-refractivity contribution in [2.45, 2.75) is 26.8 Å². The van der Waals surface area contributed by atoms with Gasteiger partial charge in [0.25, 0.3) is 5.91 Å². The number of halogens is 1. The fourth-order valence-electron chi connectivity index (χ4n) is 2.98. The van der Waals surface area contributed by atoms with Gasteiger partial charge >= 0.3 is 0 Å². The molecule has 1 N–H and O–H groups in total. The first-order valence-electron chi connectivity index (χ1n) is 9.22. The maximum atomic E-state index is 13.1. The maximum Gasteiger partial charge on any atom is 0.259 e. The van der Waals surface area contributed by atoms with Crippen molar-refractivity contribution in [3.05, 3.63) is 82.0 Å². The van der Waals surface area contributed by atoms with Crippen molar-refractivity contribution >= 4 is 33.6 Å². The minimum absolute atomic E-state index is 0.0505. The topological polar surface area (TPSA) is 58.1 Å². The van der Waals surface area contributed by atoms with E-state index < -0.39 is 0 Å². The Morgan fingerprint density at radius 2 is 1.89 bits per heavy atom. The van der Waals surface area contributed by atoms with E-state index in [1.165, 1.54) is 0 Å². The third kappa shape index (κ3) is 4.39. The summed E-state index contributed by atoms with van der Waals surface area (Å²) in [7, 11) is 0. The molecule has 6 heteroatoms. The van der Waals surface area contributed by atoms with Crippen molar-refractivity contribution in [3.8, 4) is 0 Å². The number of rotatable bonds is 6. The van der Waals surface area contributed by atoms with Gasteiger partial charge in [0.1, 0.15) is 5.82 Å². The maximum absolute atomic E-state index is 13.1. The van der Waals surface area contributed by atoms with E-state index in [2.05, 4.69) is 50.3 Å². The Balaban J connectivity index is 1.85. The summed E-state index contributed by atoms with van der Waals surface area (Å²) in [6.07, 6.45) is 1.67. The van der Waals surface area contributed by atoms with Crippen LogP contribution in [0.4, 0.5) is 11.8 Å². The molecular formula is C22H23BrN4O. The van der Waals surface area contributed by atoms with E-state index in [1.807, 2.05) is 50.2 Å². The van der Waals surface area contributed by atoms with Gasteiger partial charge in [-0.3, -0.25) is 9.69 Å². The van der Waals surface area contributed by atoms with Crippen LogP contribution in [0.1, 0.15) is 41.4 Å². The SMILES string of the molecule is CCN(C(=O)c1cccc(Br)c1C)c1ccnc(N[C@@H](C)c2ccccc2)n1. The van der Waals surface area contributed by atoms with Gasteiger partial charge < -0.3 is 5.32 Å². The lowest BCUT2D eigenvalue weighted by atomic mass is 10.1. The van der Waals surface area contributed by atoms with Crippen LogP contribution in [0.5, 0.6) is 0 Å². The van der Waals surface area contributed by atoms with Crippen LogP contribution in [-0.2, 0) is 0 Å². The standard InChI is InChI=1S/C22H23BrN4O/c1-4-27(21(28)18-11-8-12-19(23)15(18)2)20-13-14-24-22(26-20)25-16(3)17-9-6-5-7-10-17/h5-14,16H,4H2,1-3H3,(H,24,25,26)/t16-/m0/s1. The number of aromatic nitrogens is 2. The Hall–Kier alpha value is -2.73. The van der Waals surface area contributed by atoms with E-state index in [1.54, 1.807) is 17.2 Å². The summed E-state index contributed by atoms with van der Waals surface area (Å²) in [5.74, 6) is 0.984. The molecule has 0 saturated carbocycles. The highest BCUT2D eigenvalue weighted by atomic mass is 79.9. The van der Waals surface area contributed by atoms with Gasteiger partial charge in [0, 0.05) is 22.8 Å². The molecule has 0 aliphatic heterocycles. The van der Waals surface area contributed by atoms with Gasteiger partial charge in [-0.05, 0) is 50.1 Å². The van der Waals surface area contributed by atoms with E-state index >= 15 is 0 Å². The zero-order valence-corrected chi connectivity index (χ0v) is 17.8. The van der Waals surface area contributed by atoms with E-state index in [4.69, 9.17) is 0 Å². The number of hydrogen-bond donors (Lipinski definition) is 1. The molecule has 1 heterocycles. The first-order chi connectivity index (χ1) is 13.5. The average Bonchev–Trinajstić information content (AvgIpc) is 2.71. The number of anilines is 2. The predicted octanol–water partition coefficient (Wildman–Crippen LogP) is 5.39. The fourth-order valence-corrected chi connectivity index (χ4v) is 3.35. The molecule has 1 atom stereocenters. The third-order valence-electron chi connectivity index (χ3n) is 4.62. The van der Waals surface area contributed by atoms with Gasteiger partial charge in [-0.2, -0.15) is 4.98 Å². The van der Waals surface area contributed by atoms with Crippen LogP contribution in [0.2, 0.25) is 0 Å². The van der Waals surface area contributed by atoms with Gasteiger partial charge in [-0.1, -0.05) is 52.3 Å². The van der Waals surface area contributed by atoms with E-state index in [9.17, 15) is 4.79 Å². The molecule has 0 radical (unpaired) electrons. The van der Waals surface area contributed by atoms with Crippen LogP contribution < -0.4 is 10.2 Å². The van der Waals surface area contributed by atoms with Crippen molar-refractivity contribution in [2.24, 2.45) is 0 Å². The summed E-state index contributed by atoms with van der Waals surface area (Å²) in [6.45, 7) is 6.43. The van der Waals surface area contributed by atoms with Gasteiger partial charge in [-0.15, -0.1) is 0 Å². The smallest absolute Gasteiger partial charge is 0.259 e. The third-order valence-corrected chi connectivity index (χ3v) is 5.48. The van der Waals surface area contributed by atoms with Gasteiger partial charge in [0.2, 0.25) is 5.95 Å². The van der Waals surface area contributed by atoms with Crippen molar-refractivity contribution < 1.29 is 4.79 Å². The number of benzene rings is 2. The molecule has 0 spiro atoms. The summed E-state index contributed by atoms with van der Waals surface area (Å²) >= 11 is 3.50. The molecular weight excluding hydrogens is 416 g/mol. The monoisotopic (exact) mass is 438 g/mol. The van der Waals surface area contributed by atoms with Crippen LogP contribution in [0.15, 0.2) is 65.3 Å². The number of carbonyl (C=O) groups excluding carboxylic acids is 1. The van der Waals surface area contributed by atoms with E-state index in [0.29, 0.717) is 23.9 Å². The number of nitrogens with zero attached hydrogens (tertiary/aromatic N) is 3. The van der Waals surface area contributed by atoms with Crippen molar-refractivity contribution in [1.82, 2.24) is 9.97 Å². The van der Waals surface area contributed by atoms with E-state index in [0.717, 1.165) is 15.6 Å².